The average Bonchev–Trinajstić information content (AvgIpc) is 2.26. The molecule has 4 N–H and O–H groups in total. The first kappa shape index (κ1) is 15.0. The highest BCUT2D eigenvalue weighted by Crippen LogP contribution is 2.24. The first-order valence-corrected chi connectivity index (χ1v) is 6.61. The number of carboxylic acid groups (broad SMARTS) is 1. The summed E-state index contributed by atoms with van der Waals surface area (Å²) in [5, 5.41) is 11.6. The van der Waals surface area contributed by atoms with Crippen LogP contribution in [0.5, 0.6) is 0 Å². The second-order valence-corrected chi connectivity index (χ2v) is 5.82. The molecule has 1 aliphatic carbocycles. The van der Waals surface area contributed by atoms with E-state index in [1.807, 2.05) is 13.8 Å². The maximum Gasteiger partial charge on any atom is 0.303 e. The van der Waals surface area contributed by atoms with Gasteiger partial charge in [0.2, 0.25) is 5.91 Å². The SMILES string of the molecule is CC(C)(CCC(=O)O)NC(=O)C1CCCCC1N. The summed E-state index contributed by atoms with van der Waals surface area (Å²) in [6, 6.07) is -0.0611. The Balaban J connectivity index is 2.49. The molecule has 0 aromatic carbocycles. The van der Waals surface area contributed by atoms with Gasteiger partial charge in [0.1, 0.15) is 0 Å². The van der Waals surface area contributed by atoms with Gasteiger partial charge in [0.05, 0.1) is 5.92 Å². The van der Waals surface area contributed by atoms with E-state index in [9.17, 15) is 9.59 Å². The van der Waals surface area contributed by atoms with Gasteiger partial charge in [0.15, 0.2) is 0 Å². The van der Waals surface area contributed by atoms with Crippen molar-refractivity contribution in [3.63, 3.8) is 0 Å². The number of hydrogen-bond donors (Lipinski definition) is 3. The van der Waals surface area contributed by atoms with Crippen LogP contribution < -0.4 is 11.1 Å². The molecule has 104 valence electrons. The van der Waals surface area contributed by atoms with Gasteiger partial charge in [-0.1, -0.05) is 12.8 Å². The summed E-state index contributed by atoms with van der Waals surface area (Å²) in [7, 11) is 0. The fourth-order valence-electron chi connectivity index (χ4n) is 2.39. The monoisotopic (exact) mass is 256 g/mol. The molecule has 0 aromatic heterocycles. The predicted molar refractivity (Wildman–Crippen MR) is 69.0 cm³/mol. The third-order valence-corrected chi connectivity index (χ3v) is 3.58. The molecule has 0 saturated heterocycles. The average molecular weight is 256 g/mol. The molecule has 1 aliphatic rings. The minimum atomic E-state index is -0.841. The van der Waals surface area contributed by atoms with Gasteiger partial charge < -0.3 is 16.2 Å². The second-order valence-electron chi connectivity index (χ2n) is 5.82. The first-order chi connectivity index (χ1) is 8.32. The van der Waals surface area contributed by atoms with E-state index in [1.165, 1.54) is 0 Å². The molecule has 2 atom stereocenters. The number of nitrogens with two attached hydrogens (primary N) is 1. The van der Waals surface area contributed by atoms with E-state index in [0.717, 1.165) is 25.7 Å². The van der Waals surface area contributed by atoms with Gasteiger partial charge in [0.25, 0.3) is 0 Å². The third-order valence-electron chi connectivity index (χ3n) is 3.58. The highest BCUT2D eigenvalue weighted by molar-refractivity contribution is 5.80. The van der Waals surface area contributed by atoms with Gasteiger partial charge in [-0.25, -0.2) is 0 Å². The van der Waals surface area contributed by atoms with Gasteiger partial charge in [-0.15, -0.1) is 0 Å². The van der Waals surface area contributed by atoms with Crippen LogP contribution in [0.2, 0.25) is 0 Å². The third kappa shape index (κ3) is 4.64. The Morgan fingerprint density at radius 1 is 1.33 bits per heavy atom. The van der Waals surface area contributed by atoms with Crippen molar-refractivity contribution >= 4 is 11.9 Å². The fraction of sp³-hybridized carbons (Fsp3) is 0.846. The minimum Gasteiger partial charge on any atom is -0.481 e. The topological polar surface area (TPSA) is 92.4 Å². The standard InChI is InChI=1S/C13H24N2O3/c1-13(2,8-7-11(16)17)15-12(18)9-5-3-4-6-10(9)14/h9-10H,3-8,14H2,1-2H3,(H,15,18)(H,16,17). The summed E-state index contributed by atoms with van der Waals surface area (Å²) < 4.78 is 0. The molecule has 1 rings (SSSR count). The number of carboxylic acids is 1. The molecule has 0 aromatic rings. The van der Waals surface area contributed by atoms with Gasteiger partial charge in [-0.05, 0) is 33.1 Å². The van der Waals surface area contributed by atoms with Crippen molar-refractivity contribution in [2.45, 2.75) is 64.0 Å². The van der Waals surface area contributed by atoms with E-state index >= 15 is 0 Å². The van der Waals surface area contributed by atoms with Crippen LogP contribution in [0.3, 0.4) is 0 Å². The molecule has 2 unspecified atom stereocenters. The van der Waals surface area contributed by atoms with Crippen LogP contribution in [-0.4, -0.2) is 28.6 Å². The summed E-state index contributed by atoms with van der Waals surface area (Å²) in [5.74, 6) is -0.993. The highest BCUT2D eigenvalue weighted by atomic mass is 16.4. The lowest BCUT2D eigenvalue weighted by atomic mass is 9.83. The van der Waals surface area contributed by atoms with Crippen LogP contribution >= 0.6 is 0 Å². The predicted octanol–water partition coefficient (Wildman–Crippen LogP) is 1.26. The number of carbonyl (C=O) groups is 2. The number of rotatable bonds is 5. The number of carbonyl (C=O) groups excluding carboxylic acids is 1. The molecule has 0 bridgehead atoms. The smallest absolute Gasteiger partial charge is 0.303 e. The quantitative estimate of drug-likeness (QED) is 0.690. The molecule has 18 heavy (non-hydrogen) atoms. The Labute approximate surface area is 108 Å². The van der Waals surface area contributed by atoms with Crippen molar-refractivity contribution in [2.75, 3.05) is 0 Å². The second kappa shape index (κ2) is 6.18. The van der Waals surface area contributed by atoms with Crippen molar-refractivity contribution in [1.29, 1.82) is 0 Å². The van der Waals surface area contributed by atoms with E-state index in [4.69, 9.17) is 10.8 Å². The molecular weight excluding hydrogens is 232 g/mol. The summed E-state index contributed by atoms with van der Waals surface area (Å²) >= 11 is 0. The summed E-state index contributed by atoms with van der Waals surface area (Å²) in [4.78, 5) is 22.7. The Morgan fingerprint density at radius 3 is 2.50 bits per heavy atom. The van der Waals surface area contributed by atoms with Gasteiger partial charge in [0, 0.05) is 18.0 Å². The number of nitrogens with one attached hydrogen (secondary N) is 1. The van der Waals surface area contributed by atoms with Crippen LogP contribution in [0.4, 0.5) is 0 Å². The Hall–Kier alpha value is -1.10. The molecular formula is C13H24N2O3. The van der Waals surface area contributed by atoms with Crippen LogP contribution in [0.1, 0.15) is 52.4 Å². The van der Waals surface area contributed by atoms with Crippen molar-refractivity contribution in [3.05, 3.63) is 0 Å². The summed E-state index contributed by atoms with van der Waals surface area (Å²) in [6.45, 7) is 3.70. The fourth-order valence-corrected chi connectivity index (χ4v) is 2.39. The number of hydrogen-bond acceptors (Lipinski definition) is 3. The molecule has 0 spiro atoms. The summed E-state index contributed by atoms with van der Waals surface area (Å²) in [6.07, 6.45) is 4.35. The molecule has 1 fully saturated rings. The Kier molecular flexibility index (Phi) is 5.14. The normalized spacial score (nSPS) is 24.6. The number of amides is 1. The zero-order valence-electron chi connectivity index (χ0n) is 11.2. The van der Waals surface area contributed by atoms with Gasteiger partial charge in [-0.3, -0.25) is 9.59 Å². The highest BCUT2D eigenvalue weighted by Gasteiger charge is 2.31. The maximum atomic E-state index is 12.1. The van der Waals surface area contributed by atoms with Gasteiger partial charge >= 0.3 is 5.97 Å². The first-order valence-electron chi connectivity index (χ1n) is 6.61. The zero-order valence-corrected chi connectivity index (χ0v) is 11.2. The van der Waals surface area contributed by atoms with Crippen molar-refractivity contribution in [2.24, 2.45) is 11.7 Å². The molecule has 1 saturated carbocycles. The molecule has 0 aliphatic heterocycles. The van der Waals surface area contributed by atoms with Crippen molar-refractivity contribution in [3.8, 4) is 0 Å². The molecule has 1 amide bonds. The largest absolute Gasteiger partial charge is 0.481 e. The van der Waals surface area contributed by atoms with Crippen LogP contribution in [0.25, 0.3) is 0 Å². The lowest BCUT2D eigenvalue weighted by Gasteiger charge is -2.32. The van der Waals surface area contributed by atoms with E-state index in [0.29, 0.717) is 6.42 Å². The van der Waals surface area contributed by atoms with Crippen LogP contribution in [0, 0.1) is 5.92 Å². The maximum absolute atomic E-state index is 12.1. The molecule has 5 nitrogen and oxygen atoms in total. The van der Waals surface area contributed by atoms with E-state index in [-0.39, 0.29) is 24.3 Å². The molecule has 5 heteroatoms. The lowest BCUT2D eigenvalue weighted by molar-refractivity contribution is -0.138. The lowest BCUT2D eigenvalue weighted by Crippen LogP contribution is -2.51. The van der Waals surface area contributed by atoms with E-state index in [1.54, 1.807) is 0 Å². The van der Waals surface area contributed by atoms with Crippen LogP contribution in [0.15, 0.2) is 0 Å². The van der Waals surface area contributed by atoms with Crippen molar-refractivity contribution < 1.29 is 14.7 Å². The van der Waals surface area contributed by atoms with Crippen molar-refractivity contribution in [1.82, 2.24) is 5.32 Å². The summed E-state index contributed by atoms with van der Waals surface area (Å²) in [5.41, 5.74) is 5.47. The number of aliphatic carboxylic acids is 1. The van der Waals surface area contributed by atoms with E-state index < -0.39 is 11.5 Å². The Morgan fingerprint density at radius 2 is 1.94 bits per heavy atom. The minimum absolute atomic E-state index is 0.0300. The molecule has 0 heterocycles. The zero-order chi connectivity index (χ0) is 13.8. The van der Waals surface area contributed by atoms with Gasteiger partial charge in [-0.2, -0.15) is 0 Å². The van der Waals surface area contributed by atoms with E-state index in [2.05, 4.69) is 5.32 Å². The van der Waals surface area contributed by atoms with Crippen LogP contribution in [-0.2, 0) is 9.59 Å². The Bertz CT molecular complexity index is 315. The molecule has 0 radical (unpaired) electrons.